The van der Waals surface area contributed by atoms with Crippen molar-refractivity contribution in [2.24, 2.45) is 0 Å². The lowest BCUT2D eigenvalue weighted by molar-refractivity contribution is -0.147. The molecule has 0 radical (unpaired) electrons. The molecule has 1 aromatic rings. The monoisotopic (exact) mass is 224 g/mol. The standard InChI is InChI=1S/C12H16O4/c1-4-15-10-6-5-7-11(8-10)16-9(2)12(13)14-3/h5-9H,4H2,1-3H3/t9-/m0/s1. The quantitative estimate of drug-likeness (QED) is 0.718. The summed E-state index contributed by atoms with van der Waals surface area (Å²) in [5.41, 5.74) is 0. The number of carbonyl (C=O) groups excluding carboxylic acids is 1. The van der Waals surface area contributed by atoms with Crippen molar-refractivity contribution in [3.05, 3.63) is 24.3 Å². The highest BCUT2D eigenvalue weighted by Gasteiger charge is 2.14. The van der Waals surface area contributed by atoms with E-state index in [1.807, 2.05) is 19.1 Å². The number of methoxy groups -OCH3 is 1. The third-order valence-corrected chi connectivity index (χ3v) is 1.96. The molecule has 1 rings (SSSR count). The van der Waals surface area contributed by atoms with Crippen molar-refractivity contribution in [1.29, 1.82) is 0 Å². The Hall–Kier alpha value is -1.71. The molecule has 0 unspecified atom stereocenters. The van der Waals surface area contributed by atoms with E-state index in [9.17, 15) is 4.79 Å². The fourth-order valence-electron chi connectivity index (χ4n) is 1.22. The minimum Gasteiger partial charge on any atom is -0.494 e. The Morgan fingerprint density at radius 1 is 1.38 bits per heavy atom. The molecular weight excluding hydrogens is 208 g/mol. The molecule has 1 atom stereocenters. The molecule has 0 amide bonds. The van der Waals surface area contributed by atoms with Crippen molar-refractivity contribution in [2.75, 3.05) is 13.7 Å². The Kier molecular flexibility index (Phi) is 4.64. The summed E-state index contributed by atoms with van der Waals surface area (Å²) >= 11 is 0. The van der Waals surface area contributed by atoms with Gasteiger partial charge >= 0.3 is 5.97 Å². The molecule has 0 aliphatic heterocycles. The largest absolute Gasteiger partial charge is 0.494 e. The molecule has 0 aliphatic rings. The zero-order valence-electron chi connectivity index (χ0n) is 9.73. The van der Waals surface area contributed by atoms with Crippen LogP contribution in [0.2, 0.25) is 0 Å². The third-order valence-electron chi connectivity index (χ3n) is 1.96. The van der Waals surface area contributed by atoms with E-state index >= 15 is 0 Å². The van der Waals surface area contributed by atoms with E-state index in [0.29, 0.717) is 12.4 Å². The predicted octanol–water partition coefficient (Wildman–Crippen LogP) is 2.03. The molecule has 0 aromatic heterocycles. The fourth-order valence-corrected chi connectivity index (χ4v) is 1.22. The van der Waals surface area contributed by atoms with Crippen molar-refractivity contribution in [3.8, 4) is 11.5 Å². The van der Waals surface area contributed by atoms with E-state index in [2.05, 4.69) is 4.74 Å². The summed E-state index contributed by atoms with van der Waals surface area (Å²) in [6.45, 7) is 4.14. The highest BCUT2D eigenvalue weighted by atomic mass is 16.6. The van der Waals surface area contributed by atoms with Crippen molar-refractivity contribution in [2.45, 2.75) is 20.0 Å². The smallest absolute Gasteiger partial charge is 0.346 e. The number of benzene rings is 1. The van der Waals surface area contributed by atoms with Gasteiger partial charge in [-0.05, 0) is 26.0 Å². The molecular formula is C12H16O4. The summed E-state index contributed by atoms with van der Waals surface area (Å²) in [7, 11) is 1.33. The second kappa shape index (κ2) is 6.00. The first-order chi connectivity index (χ1) is 7.67. The first-order valence-corrected chi connectivity index (χ1v) is 5.14. The van der Waals surface area contributed by atoms with Crippen molar-refractivity contribution in [3.63, 3.8) is 0 Å². The van der Waals surface area contributed by atoms with Gasteiger partial charge in [0, 0.05) is 6.07 Å². The molecule has 4 nitrogen and oxygen atoms in total. The average Bonchev–Trinajstić information content (AvgIpc) is 2.29. The van der Waals surface area contributed by atoms with Crippen LogP contribution in [0.15, 0.2) is 24.3 Å². The molecule has 0 saturated carbocycles. The van der Waals surface area contributed by atoms with Crippen LogP contribution in [0, 0.1) is 0 Å². The lowest BCUT2D eigenvalue weighted by Crippen LogP contribution is -2.24. The van der Waals surface area contributed by atoms with Gasteiger partial charge in [0.2, 0.25) is 0 Å². The Labute approximate surface area is 95.1 Å². The van der Waals surface area contributed by atoms with E-state index in [4.69, 9.17) is 9.47 Å². The molecule has 0 aliphatic carbocycles. The molecule has 0 bridgehead atoms. The van der Waals surface area contributed by atoms with Crippen LogP contribution in [0.1, 0.15) is 13.8 Å². The van der Waals surface area contributed by atoms with E-state index in [1.165, 1.54) is 7.11 Å². The van der Waals surface area contributed by atoms with Gasteiger partial charge in [0.25, 0.3) is 0 Å². The van der Waals surface area contributed by atoms with Gasteiger partial charge in [-0.2, -0.15) is 0 Å². The number of rotatable bonds is 5. The summed E-state index contributed by atoms with van der Waals surface area (Å²) in [6.07, 6.45) is -0.623. The zero-order valence-corrected chi connectivity index (χ0v) is 9.73. The van der Waals surface area contributed by atoms with Gasteiger partial charge in [-0.15, -0.1) is 0 Å². The number of carbonyl (C=O) groups is 1. The van der Waals surface area contributed by atoms with E-state index < -0.39 is 12.1 Å². The minimum atomic E-state index is -0.623. The molecule has 1 aromatic carbocycles. The number of hydrogen-bond acceptors (Lipinski definition) is 4. The highest BCUT2D eigenvalue weighted by molar-refractivity contribution is 5.74. The van der Waals surface area contributed by atoms with Crippen LogP contribution in [0.25, 0.3) is 0 Å². The Morgan fingerprint density at radius 3 is 2.69 bits per heavy atom. The van der Waals surface area contributed by atoms with E-state index in [1.54, 1.807) is 19.1 Å². The molecule has 88 valence electrons. The number of ether oxygens (including phenoxy) is 3. The summed E-state index contributed by atoms with van der Waals surface area (Å²) in [5.74, 6) is 0.905. The van der Waals surface area contributed by atoms with Crippen LogP contribution in [0.5, 0.6) is 11.5 Å². The third kappa shape index (κ3) is 3.46. The van der Waals surface area contributed by atoms with Gasteiger partial charge in [0.15, 0.2) is 6.10 Å². The molecule has 0 heterocycles. The predicted molar refractivity (Wildman–Crippen MR) is 59.7 cm³/mol. The first kappa shape index (κ1) is 12.4. The van der Waals surface area contributed by atoms with Gasteiger partial charge in [-0.25, -0.2) is 4.79 Å². The van der Waals surface area contributed by atoms with Crippen molar-refractivity contribution >= 4 is 5.97 Å². The highest BCUT2D eigenvalue weighted by Crippen LogP contribution is 2.20. The minimum absolute atomic E-state index is 0.401. The Bertz CT molecular complexity index is 349. The summed E-state index contributed by atoms with van der Waals surface area (Å²) < 4.78 is 15.3. The lowest BCUT2D eigenvalue weighted by atomic mass is 10.3. The van der Waals surface area contributed by atoms with Gasteiger partial charge in [0.05, 0.1) is 13.7 Å². The van der Waals surface area contributed by atoms with Crippen LogP contribution in [0.4, 0.5) is 0 Å². The second-order valence-corrected chi connectivity index (χ2v) is 3.19. The maximum atomic E-state index is 11.1. The second-order valence-electron chi connectivity index (χ2n) is 3.19. The topological polar surface area (TPSA) is 44.8 Å². The lowest BCUT2D eigenvalue weighted by Gasteiger charge is -2.13. The summed E-state index contributed by atoms with van der Waals surface area (Å²) in [5, 5.41) is 0. The Morgan fingerprint density at radius 2 is 2.06 bits per heavy atom. The summed E-state index contributed by atoms with van der Waals surface area (Å²) in [6, 6.07) is 7.15. The number of hydrogen-bond donors (Lipinski definition) is 0. The fraction of sp³-hybridized carbons (Fsp3) is 0.417. The molecule has 0 spiro atoms. The summed E-state index contributed by atoms with van der Waals surface area (Å²) in [4.78, 5) is 11.1. The maximum Gasteiger partial charge on any atom is 0.346 e. The van der Waals surface area contributed by atoms with Gasteiger partial charge in [-0.3, -0.25) is 0 Å². The van der Waals surface area contributed by atoms with E-state index in [0.717, 1.165) is 5.75 Å². The maximum absolute atomic E-state index is 11.1. The van der Waals surface area contributed by atoms with Gasteiger partial charge in [0.1, 0.15) is 11.5 Å². The van der Waals surface area contributed by atoms with Gasteiger partial charge < -0.3 is 14.2 Å². The molecule has 0 fully saturated rings. The average molecular weight is 224 g/mol. The normalized spacial score (nSPS) is 11.7. The van der Waals surface area contributed by atoms with Crippen LogP contribution in [-0.2, 0) is 9.53 Å². The Balaban J connectivity index is 2.66. The van der Waals surface area contributed by atoms with Crippen molar-refractivity contribution < 1.29 is 19.0 Å². The molecule has 0 N–H and O–H groups in total. The van der Waals surface area contributed by atoms with Crippen LogP contribution < -0.4 is 9.47 Å². The van der Waals surface area contributed by atoms with Crippen LogP contribution in [0.3, 0.4) is 0 Å². The van der Waals surface area contributed by atoms with Crippen molar-refractivity contribution in [1.82, 2.24) is 0 Å². The molecule has 0 saturated heterocycles. The van der Waals surface area contributed by atoms with Crippen LogP contribution in [-0.4, -0.2) is 25.8 Å². The SMILES string of the molecule is CCOc1cccc(O[C@@H](C)C(=O)OC)c1. The van der Waals surface area contributed by atoms with Crippen LogP contribution >= 0.6 is 0 Å². The van der Waals surface area contributed by atoms with Gasteiger partial charge in [-0.1, -0.05) is 6.07 Å². The molecule has 16 heavy (non-hydrogen) atoms. The van der Waals surface area contributed by atoms with E-state index in [-0.39, 0.29) is 0 Å². The first-order valence-electron chi connectivity index (χ1n) is 5.14. The number of esters is 1. The molecule has 4 heteroatoms. The zero-order chi connectivity index (χ0) is 12.0.